The minimum atomic E-state index is -0.302. The van der Waals surface area contributed by atoms with Crippen molar-refractivity contribution in [3.8, 4) is 11.4 Å². The van der Waals surface area contributed by atoms with E-state index in [2.05, 4.69) is 0 Å². The summed E-state index contributed by atoms with van der Waals surface area (Å²) in [7, 11) is 1.61. The predicted octanol–water partition coefficient (Wildman–Crippen LogP) is 5.64. The van der Waals surface area contributed by atoms with Gasteiger partial charge in [0.25, 0.3) is 5.56 Å². The summed E-state index contributed by atoms with van der Waals surface area (Å²) in [5.74, 6) is 0.935. The van der Waals surface area contributed by atoms with Gasteiger partial charge in [0.1, 0.15) is 22.2 Å². The Bertz CT molecular complexity index is 1350. The monoisotopic (exact) mass is 432 g/mol. The third-order valence-electron chi connectivity index (χ3n) is 5.62. The number of halogens is 1. The van der Waals surface area contributed by atoms with E-state index in [4.69, 9.17) is 9.72 Å². The Labute approximate surface area is 183 Å². The van der Waals surface area contributed by atoms with E-state index in [1.165, 1.54) is 17.0 Å². The lowest BCUT2D eigenvalue weighted by atomic mass is 9.97. The number of methoxy groups -OCH3 is 1. The van der Waals surface area contributed by atoms with Crippen LogP contribution in [0, 0.1) is 5.82 Å². The zero-order chi connectivity index (χ0) is 21.4. The molecule has 4 aromatic rings. The molecule has 0 radical (unpaired) electrons. The Morgan fingerprint density at radius 2 is 1.90 bits per heavy atom. The van der Waals surface area contributed by atoms with Gasteiger partial charge in [-0.3, -0.25) is 9.36 Å². The highest BCUT2D eigenvalue weighted by atomic mass is 32.1. The van der Waals surface area contributed by atoms with Crippen molar-refractivity contribution in [2.75, 3.05) is 7.11 Å². The second-order valence-corrected chi connectivity index (χ2v) is 8.67. The summed E-state index contributed by atoms with van der Waals surface area (Å²) in [6.07, 6.45) is 7.74. The van der Waals surface area contributed by atoms with Crippen molar-refractivity contribution in [3.63, 3.8) is 0 Å². The van der Waals surface area contributed by atoms with Crippen LogP contribution in [0.3, 0.4) is 0 Å². The maximum atomic E-state index is 13.7. The summed E-state index contributed by atoms with van der Waals surface area (Å²) in [4.78, 5) is 20.6. The Kier molecular flexibility index (Phi) is 5.16. The molecular formula is C25H21FN2O2S. The molecule has 0 saturated heterocycles. The van der Waals surface area contributed by atoms with Gasteiger partial charge in [-0.2, -0.15) is 0 Å². The molecule has 6 heteroatoms. The molecule has 0 atom stereocenters. The van der Waals surface area contributed by atoms with Gasteiger partial charge < -0.3 is 4.74 Å². The molecule has 156 valence electrons. The number of rotatable bonds is 4. The molecule has 2 heterocycles. The quantitative estimate of drug-likeness (QED) is 0.419. The first kappa shape index (κ1) is 19.7. The fourth-order valence-corrected chi connectivity index (χ4v) is 5.35. The third-order valence-corrected chi connectivity index (χ3v) is 6.80. The number of hydrogen-bond acceptors (Lipinski definition) is 4. The molecule has 0 N–H and O–H groups in total. The summed E-state index contributed by atoms with van der Waals surface area (Å²) in [6, 6.07) is 13.7. The van der Waals surface area contributed by atoms with Gasteiger partial charge in [0.2, 0.25) is 0 Å². The van der Waals surface area contributed by atoms with E-state index < -0.39 is 0 Å². The molecule has 0 saturated carbocycles. The number of hydrogen-bond donors (Lipinski definition) is 0. The van der Waals surface area contributed by atoms with Gasteiger partial charge in [-0.05, 0) is 79.3 Å². The van der Waals surface area contributed by atoms with E-state index in [-0.39, 0.29) is 11.4 Å². The number of ether oxygens (including phenoxy) is 1. The molecule has 31 heavy (non-hydrogen) atoms. The maximum Gasteiger partial charge on any atom is 0.267 e. The van der Waals surface area contributed by atoms with E-state index in [9.17, 15) is 9.18 Å². The molecule has 5 rings (SSSR count). The highest BCUT2D eigenvalue weighted by Gasteiger charge is 2.22. The van der Waals surface area contributed by atoms with Crippen molar-refractivity contribution < 1.29 is 9.13 Å². The third kappa shape index (κ3) is 3.68. The van der Waals surface area contributed by atoms with E-state index >= 15 is 0 Å². The van der Waals surface area contributed by atoms with Crippen molar-refractivity contribution >= 4 is 33.7 Å². The molecule has 0 bridgehead atoms. The lowest BCUT2D eigenvalue weighted by molar-refractivity contribution is 0.414. The van der Waals surface area contributed by atoms with Crippen LogP contribution < -0.4 is 10.3 Å². The van der Waals surface area contributed by atoms with E-state index in [0.29, 0.717) is 11.4 Å². The smallest absolute Gasteiger partial charge is 0.267 e. The first-order chi connectivity index (χ1) is 15.1. The Balaban J connectivity index is 1.72. The highest BCUT2D eigenvalue weighted by Crippen LogP contribution is 2.34. The lowest BCUT2D eigenvalue weighted by Crippen LogP contribution is -2.22. The van der Waals surface area contributed by atoms with Crippen molar-refractivity contribution in [3.05, 3.63) is 86.5 Å². The largest absolute Gasteiger partial charge is 0.497 e. The van der Waals surface area contributed by atoms with E-state index in [0.717, 1.165) is 52.9 Å². The summed E-state index contributed by atoms with van der Waals surface area (Å²) >= 11 is 1.62. The fraction of sp³-hybridized carbons (Fsp3) is 0.200. The molecule has 1 aliphatic rings. The minimum absolute atomic E-state index is 0.0616. The fourth-order valence-electron chi connectivity index (χ4n) is 4.09. The maximum absolute atomic E-state index is 13.7. The van der Waals surface area contributed by atoms with Crippen LogP contribution in [0.4, 0.5) is 4.39 Å². The number of aromatic nitrogens is 2. The Hall–Kier alpha value is -3.25. The lowest BCUT2D eigenvalue weighted by Gasteiger charge is -2.13. The highest BCUT2D eigenvalue weighted by molar-refractivity contribution is 7.18. The first-order valence-corrected chi connectivity index (χ1v) is 11.1. The number of thiophene rings is 1. The SMILES string of the molecule is COc1ccc(-n2c(C=Cc3cccc(F)c3)nc3sc4c(c3c2=O)CCCC4)cc1. The normalized spacial score (nSPS) is 13.6. The van der Waals surface area contributed by atoms with Gasteiger partial charge >= 0.3 is 0 Å². The average molecular weight is 433 g/mol. The summed E-state index contributed by atoms with van der Waals surface area (Å²) in [5, 5.41) is 0.735. The molecule has 2 aromatic carbocycles. The van der Waals surface area contributed by atoms with Crippen LogP contribution >= 0.6 is 11.3 Å². The van der Waals surface area contributed by atoms with Crippen molar-refractivity contribution in [1.29, 1.82) is 0 Å². The number of nitrogens with zero attached hydrogens (tertiary/aromatic N) is 2. The van der Waals surface area contributed by atoms with Crippen molar-refractivity contribution in [2.24, 2.45) is 0 Å². The molecule has 1 aliphatic carbocycles. The molecule has 0 amide bonds. The topological polar surface area (TPSA) is 44.1 Å². The average Bonchev–Trinajstić information content (AvgIpc) is 3.17. The van der Waals surface area contributed by atoms with E-state index in [1.54, 1.807) is 41.2 Å². The molecule has 0 spiro atoms. The second kappa shape index (κ2) is 8.12. The Morgan fingerprint density at radius 1 is 1.10 bits per heavy atom. The molecule has 0 fully saturated rings. The van der Waals surface area contributed by atoms with Crippen molar-refractivity contribution in [1.82, 2.24) is 9.55 Å². The molecule has 2 aromatic heterocycles. The molecule has 0 unspecified atom stereocenters. The van der Waals surface area contributed by atoms with Crippen LogP contribution in [0.2, 0.25) is 0 Å². The van der Waals surface area contributed by atoms with Crippen LogP contribution in [0.1, 0.15) is 34.7 Å². The molecular weight excluding hydrogens is 411 g/mol. The predicted molar refractivity (Wildman–Crippen MR) is 124 cm³/mol. The van der Waals surface area contributed by atoms with Gasteiger partial charge in [0, 0.05) is 4.88 Å². The van der Waals surface area contributed by atoms with Gasteiger partial charge in [-0.15, -0.1) is 11.3 Å². The van der Waals surface area contributed by atoms with E-state index in [1.807, 2.05) is 30.3 Å². The van der Waals surface area contributed by atoms with Crippen molar-refractivity contribution in [2.45, 2.75) is 25.7 Å². The van der Waals surface area contributed by atoms with Gasteiger partial charge in [0.05, 0.1) is 18.2 Å². The molecule has 4 nitrogen and oxygen atoms in total. The Morgan fingerprint density at radius 3 is 2.68 bits per heavy atom. The summed E-state index contributed by atoms with van der Waals surface area (Å²) < 4.78 is 20.5. The van der Waals surface area contributed by atoms with Crippen LogP contribution in [0.15, 0.2) is 53.3 Å². The van der Waals surface area contributed by atoms with Crippen LogP contribution in [0.25, 0.3) is 28.1 Å². The number of fused-ring (bicyclic) bond motifs is 3. The van der Waals surface area contributed by atoms with Crippen LogP contribution in [0.5, 0.6) is 5.75 Å². The zero-order valence-electron chi connectivity index (χ0n) is 17.1. The van der Waals surface area contributed by atoms with Gasteiger partial charge in [-0.25, -0.2) is 9.37 Å². The number of benzene rings is 2. The second-order valence-electron chi connectivity index (χ2n) is 7.59. The summed E-state index contributed by atoms with van der Waals surface area (Å²) in [5.41, 5.74) is 2.52. The number of aryl methyl sites for hydroxylation is 2. The first-order valence-electron chi connectivity index (χ1n) is 10.3. The summed E-state index contributed by atoms with van der Waals surface area (Å²) in [6.45, 7) is 0. The van der Waals surface area contributed by atoms with Gasteiger partial charge in [-0.1, -0.05) is 18.2 Å². The zero-order valence-corrected chi connectivity index (χ0v) is 17.9. The van der Waals surface area contributed by atoms with Crippen LogP contribution in [-0.4, -0.2) is 16.7 Å². The molecule has 0 aliphatic heterocycles. The van der Waals surface area contributed by atoms with Crippen LogP contribution in [-0.2, 0) is 12.8 Å². The standard InChI is InChI=1S/C25H21FN2O2S/c1-30-19-12-10-18(11-13-19)28-22(14-9-16-5-4-6-17(26)15-16)27-24-23(25(28)29)20-7-2-3-8-21(20)31-24/h4-6,9-15H,2-3,7-8H2,1H3. The van der Waals surface area contributed by atoms with Gasteiger partial charge in [0.15, 0.2) is 0 Å². The minimum Gasteiger partial charge on any atom is -0.497 e.